The molecule has 14 heteroatoms. The minimum atomic E-state index is -0.877. The topological polar surface area (TPSA) is 132 Å². The molecular weight excluding hydrogens is 757 g/mol. The monoisotopic (exact) mass is 791 g/mol. The Hall–Kier alpha value is -5.71. The van der Waals surface area contributed by atoms with Gasteiger partial charge in [0.25, 0.3) is 0 Å². The number of amides is 4. The quantitative estimate of drug-likeness (QED) is 0.0985. The number of ketones is 1. The number of aromatic nitrogens is 1. The molecule has 278 valence electrons. The molecule has 4 amide bonds. The maximum Gasteiger partial charge on any atom is 0.332 e. The van der Waals surface area contributed by atoms with Crippen molar-refractivity contribution >= 4 is 73.5 Å². The number of nitrogens with zero attached hydrogens (tertiary/aromatic N) is 5. The second-order valence-electron chi connectivity index (χ2n) is 13.1. The Morgan fingerprint density at radius 1 is 1.00 bits per heavy atom. The summed E-state index contributed by atoms with van der Waals surface area (Å²) in [7, 11) is 0. The first-order chi connectivity index (χ1) is 26.6. The molecule has 3 heterocycles. The highest BCUT2D eigenvalue weighted by atomic mass is 35.5. The largest absolute Gasteiger partial charge is 0.375 e. The Bertz CT molecular complexity index is 2360. The molecule has 0 aliphatic carbocycles. The number of nitrogen functional groups attached to an aromatic ring is 1. The minimum absolute atomic E-state index is 0.107. The molecule has 2 atom stereocenters. The number of nitrogens with two attached hydrogens (primary N) is 1. The summed E-state index contributed by atoms with van der Waals surface area (Å²) in [5, 5.41) is 7.26. The van der Waals surface area contributed by atoms with Gasteiger partial charge in [-0.3, -0.25) is 19.4 Å². The molecule has 2 fully saturated rings. The number of fused-ring (bicyclic) bond motifs is 2. The van der Waals surface area contributed by atoms with Gasteiger partial charge >= 0.3 is 6.03 Å². The highest BCUT2D eigenvalue weighted by molar-refractivity contribution is 7.22. The Kier molecular flexibility index (Phi) is 11.2. The van der Waals surface area contributed by atoms with Gasteiger partial charge in [-0.25, -0.2) is 9.78 Å². The second kappa shape index (κ2) is 16.3. The summed E-state index contributed by atoms with van der Waals surface area (Å²) in [5.74, 6) is 4.80. The van der Waals surface area contributed by atoms with E-state index in [1.807, 2.05) is 36.4 Å². The van der Waals surface area contributed by atoms with E-state index in [9.17, 15) is 19.2 Å². The smallest absolute Gasteiger partial charge is 0.332 e. The standard InChI is InChI=1S/C41H35Cl2N7O4S/c1-2-19-48(41(54)45-22-28-15-17-31(42)32(43)20-28)49-25-37(52)50-33(21-27-13-11-26(12-14-27)16-18-34(51)29-7-4-3-5-8-29)39(53)47(24-36(49)50)23-30-9-6-10-35-38(30)46-40(44)55-35/h2-15,17,20,33,36H,1,19,21-25H2,(H2,44,46)(H,45,54)/t33-,36+/m0/s1. The van der Waals surface area contributed by atoms with Crippen molar-refractivity contribution in [3.63, 3.8) is 0 Å². The van der Waals surface area contributed by atoms with Crippen molar-refractivity contribution in [2.24, 2.45) is 0 Å². The zero-order valence-electron chi connectivity index (χ0n) is 29.5. The summed E-state index contributed by atoms with van der Waals surface area (Å²) in [6.07, 6.45) is 1.13. The van der Waals surface area contributed by atoms with Crippen molar-refractivity contribution < 1.29 is 19.2 Å². The maximum atomic E-state index is 14.5. The Morgan fingerprint density at radius 3 is 2.51 bits per heavy atom. The number of halogens is 2. The molecule has 2 aliphatic rings. The van der Waals surface area contributed by atoms with Crippen molar-refractivity contribution in [3.8, 4) is 11.8 Å². The van der Waals surface area contributed by atoms with Crippen LogP contribution in [0.2, 0.25) is 10.0 Å². The van der Waals surface area contributed by atoms with Gasteiger partial charge in [-0.2, -0.15) is 5.01 Å². The van der Waals surface area contributed by atoms with E-state index in [2.05, 4.69) is 28.7 Å². The van der Waals surface area contributed by atoms with Crippen molar-refractivity contribution in [3.05, 3.63) is 142 Å². The van der Waals surface area contributed by atoms with Crippen LogP contribution >= 0.6 is 34.5 Å². The minimum Gasteiger partial charge on any atom is -0.375 e. The predicted molar refractivity (Wildman–Crippen MR) is 214 cm³/mol. The first-order valence-corrected chi connectivity index (χ1v) is 19.0. The van der Waals surface area contributed by atoms with E-state index < -0.39 is 18.2 Å². The summed E-state index contributed by atoms with van der Waals surface area (Å²) in [4.78, 5) is 62.6. The van der Waals surface area contributed by atoms with Gasteiger partial charge in [0, 0.05) is 30.6 Å². The molecule has 0 radical (unpaired) electrons. The number of benzene rings is 4. The van der Waals surface area contributed by atoms with Crippen LogP contribution in [0.5, 0.6) is 0 Å². The number of rotatable bonds is 10. The molecule has 55 heavy (non-hydrogen) atoms. The summed E-state index contributed by atoms with van der Waals surface area (Å²) in [6.45, 7) is 4.35. The third-order valence-corrected chi connectivity index (χ3v) is 11.0. The number of para-hydroxylation sites is 1. The molecule has 0 saturated carbocycles. The summed E-state index contributed by atoms with van der Waals surface area (Å²) in [5.41, 5.74) is 10.3. The van der Waals surface area contributed by atoms with E-state index >= 15 is 0 Å². The summed E-state index contributed by atoms with van der Waals surface area (Å²) >= 11 is 13.6. The van der Waals surface area contributed by atoms with Gasteiger partial charge < -0.3 is 20.9 Å². The van der Waals surface area contributed by atoms with E-state index in [1.165, 1.54) is 16.3 Å². The molecule has 1 aromatic heterocycles. The van der Waals surface area contributed by atoms with Crippen LogP contribution in [0.3, 0.4) is 0 Å². The van der Waals surface area contributed by atoms with Crippen molar-refractivity contribution in [2.75, 3.05) is 25.4 Å². The lowest BCUT2D eigenvalue weighted by molar-refractivity contribution is -0.157. The molecule has 3 N–H and O–H groups in total. The number of piperazine rings is 1. The van der Waals surface area contributed by atoms with Gasteiger partial charge in [-0.15, -0.1) is 6.58 Å². The number of hydrogen-bond acceptors (Lipinski definition) is 8. The Morgan fingerprint density at radius 2 is 1.76 bits per heavy atom. The van der Waals surface area contributed by atoms with E-state index in [-0.39, 0.29) is 56.7 Å². The van der Waals surface area contributed by atoms with E-state index in [1.54, 1.807) is 75.5 Å². The molecule has 0 unspecified atom stereocenters. The third-order valence-electron chi connectivity index (χ3n) is 9.46. The summed E-state index contributed by atoms with van der Waals surface area (Å²) < 4.78 is 0.903. The number of anilines is 1. The van der Waals surface area contributed by atoms with Crippen LogP contribution in [-0.4, -0.2) is 80.3 Å². The number of urea groups is 1. The lowest BCUT2D eigenvalue weighted by Crippen LogP contribution is -2.66. The SMILES string of the molecule is C=CCN(C(=O)NCc1ccc(Cl)c(Cl)c1)N1CC(=O)N2[C@@H](Cc3ccc(C#CC(=O)c4ccccc4)cc3)C(=O)N(Cc3cccc4sc(N)nc34)C[C@@H]21. The second-order valence-corrected chi connectivity index (χ2v) is 14.9. The highest BCUT2D eigenvalue weighted by Gasteiger charge is 2.52. The molecule has 0 spiro atoms. The van der Waals surface area contributed by atoms with Crippen molar-refractivity contribution in [1.29, 1.82) is 0 Å². The van der Waals surface area contributed by atoms with Crippen LogP contribution in [0.4, 0.5) is 9.93 Å². The average Bonchev–Trinajstić information content (AvgIpc) is 3.74. The van der Waals surface area contributed by atoms with Crippen LogP contribution in [-0.2, 0) is 29.1 Å². The number of hydrogen-bond donors (Lipinski definition) is 2. The fourth-order valence-corrected chi connectivity index (χ4v) is 7.93. The summed E-state index contributed by atoms with van der Waals surface area (Å²) in [6, 6.07) is 25.6. The number of nitrogens with one attached hydrogen (secondary N) is 1. The molecular formula is C41H35Cl2N7O4S. The van der Waals surface area contributed by atoms with Crippen LogP contribution < -0.4 is 11.1 Å². The zero-order chi connectivity index (χ0) is 38.6. The normalized spacial score (nSPS) is 16.8. The van der Waals surface area contributed by atoms with Crippen LogP contribution in [0.1, 0.15) is 32.6 Å². The molecule has 2 saturated heterocycles. The molecule has 11 nitrogen and oxygen atoms in total. The fourth-order valence-electron chi connectivity index (χ4n) is 6.83. The predicted octanol–water partition coefficient (Wildman–Crippen LogP) is 6.16. The van der Waals surface area contributed by atoms with Gasteiger partial charge in [0.15, 0.2) is 5.13 Å². The van der Waals surface area contributed by atoms with E-state index in [4.69, 9.17) is 28.9 Å². The van der Waals surface area contributed by atoms with E-state index in [0.29, 0.717) is 31.8 Å². The Labute approximate surface area is 331 Å². The highest BCUT2D eigenvalue weighted by Crippen LogP contribution is 2.32. The molecule has 4 aromatic carbocycles. The van der Waals surface area contributed by atoms with Crippen LogP contribution in [0.15, 0.2) is 104 Å². The first-order valence-electron chi connectivity index (χ1n) is 17.4. The molecule has 7 rings (SSSR count). The van der Waals surface area contributed by atoms with Gasteiger partial charge in [-0.1, -0.05) is 107 Å². The van der Waals surface area contributed by atoms with Crippen molar-refractivity contribution in [1.82, 2.24) is 30.1 Å². The number of carbonyl (C=O) groups excluding carboxylic acids is 4. The fraction of sp³-hybridized carbons (Fsp3) is 0.195. The lowest BCUT2D eigenvalue weighted by atomic mass is 9.99. The molecule has 0 bridgehead atoms. The number of carbonyl (C=O) groups is 4. The van der Waals surface area contributed by atoms with Gasteiger partial charge in [-0.05, 0) is 52.9 Å². The maximum absolute atomic E-state index is 14.5. The number of thiazole rings is 1. The zero-order valence-corrected chi connectivity index (χ0v) is 31.8. The molecule has 2 aliphatic heterocycles. The number of hydrazine groups is 1. The number of Topliss-reactive ketones (excluding diaryl/α,β-unsaturated/α-hetero) is 1. The van der Waals surface area contributed by atoms with Crippen LogP contribution in [0.25, 0.3) is 10.2 Å². The first kappa shape index (κ1) is 37.6. The third kappa shape index (κ3) is 8.21. The Balaban J connectivity index is 1.16. The van der Waals surface area contributed by atoms with Crippen molar-refractivity contribution in [2.45, 2.75) is 31.7 Å². The molecule has 5 aromatic rings. The van der Waals surface area contributed by atoms with E-state index in [0.717, 1.165) is 21.4 Å². The average molecular weight is 793 g/mol. The van der Waals surface area contributed by atoms with Gasteiger partial charge in [0.2, 0.25) is 17.6 Å². The van der Waals surface area contributed by atoms with Crippen LogP contribution in [0, 0.1) is 11.8 Å². The van der Waals surface area contributed by atoms with Gasteiger partial charge in [0.05, 0.1) is 39.9 Å². The lowest BCUT2D eigenvalue weighted by Gasteiger charge is -2.46. The van der Waals surface area contributed by atoms with Gasteiger partial charge in [0.1, 0.15) is 12.2 Å².